The molecular formula is C23H24ClF3N4O2S. The summed E-state index contributed by atoms with van der Waals surface area (Å²) in [6, 6.07) is 7.01. The van der Waals surface area contributed by atoms with Crippen LogP contribution in [0.15, 0.2) is 46.3 Å². The van der Waals surface area contributed by atoms with Crippen LogP contribution in [0.2, 0.25) is 5.02 Å². The van der Waals surface area contributed by atoms with Crippen molar-refractivity contribution in [2.45, 2.75) is 43.5 Å². The largest absolute Gasteiger partial charge is 0.416 e. The third-order valence-corrected chi connectivity index (χ3v) is 7.58. The minimum absolute atomic E-state index is 0.0157. The summed E-state index contributed by atoms with van der Waals surface area (Å²) in [5, 5.41) is 0.274. The molecular weight excluding hydrogens is 489 g/mol. The highest BCUT2D eigenvalue weighted by molar-refractivity contribution is 7.85. The minimum Gasteiger partial charge on any atom is -0.326 e. The van der Waals surface area contributed by atoms with Crippen molar-refractivity contribution < 1.29 is 17.4 Å². The molecule has 2 aromatic carbocycles. The average molecular weight is 513 g/mol. The van der Waals surface area contributed by atoms with Crippen molar-refractivity contribution >= 4 is 33.3 Å². The zero-order valence-corrected chi connectivity index (χ0v) is 20.0. The molecule has 1 aromatic heterocycles. The van der Waals surface area contributed by atoms with Crippen molar-refractivity contribution in [3.05, 3.63) is 68.7 Å². The molecule has 0 amide bonds. The van der Waals surface area contributed by atoms with E-state index in [0.29, 0.717) is 34.3 Å². The minimum atomic E-state index is -4.63. The van der Waals surface area contributed by atoms with Gasteiger partial charge < -0.3 is 5.73 Å². The van der Waals surface area contributed by atoms with E-state index in [9.17, 15) is 22.2 Å². The summed E-state index contributed by atoms with van der Waals surface area (Å²) in [5.74, 6) is 0.374. The zero-order chi connectivity index (χ0) is 24.6. The molecule has 0 spiro atoms. The molecule has 6 nitrogen and oxygen atoms in total. The molecule has 0 radical (unpaired) electrons. The first kappa shape index (κ1) is 24.8. The van der Waals surface area contributed by atoms with Gasteiger partial charge in [-0.1, -0.05) is 18.5 Å². The summed E-state index contributed by atoms with van der Waals surface area (Å²) in [5.41, 5.74) is 5.23. The smallest absolute Gasteiger partial charge is 0.326 e. The van der Waals surface area contributed by atoms with Gasteiger partial charge in [0.2, 0.25) is 0 Å². The second kappa shape index (κ2) is 9.77. The third kappa shape index (κ3) is 5.19. The standard InChI is InChI=1S/C23H24ClF3N4O2S/c1-2-34(33)21-4-3-16(24)7-15(21)11-31-13-29-20-8-14(10-30-6-5-17(28)12-30)19(23(25,26)27)9-18(20)22(31)32/h3-4,7-9,13,17H,2,5-6,10-12,28H2,1H3/t17-,34?/m1/s1. The number of halogens is 4. The zero-order valence-electron chi connectivity index (χ0n) is 18.4. The van der Waals surface area contributed by atoms with E-state index in [-0.39, 0.29) is 35.6 Å². The molecule has 4 rings (SSSR count). The van der Waals surface area contributed by atoms with Crippen LogP contribution in [0, 0.1) is 0 Å². The van der Waals surface area contributed by atoms with E-state index in [0.717, 1.165) is 12.5 Å². The number of alkyl halides is 3. The molecule has 0 bridgehead atoms. The first-order valence-corrected chi connectivity index (χ1v) is 12.5. The second-order valence-corrected chi connectivity index (χ2v) is 10.5. The van der Waals surface area contributed by atoms with Crippen LogP contribution in [-0.2, 0) is 30.1 Å². The van der Waals surface area contributed by atoms with Crippen molar-refractivity contribution in [2.24, 2.45) is 5.73 Å². The SMILES string of the molecule is CCS(=O)c1ccc(Cl)cc1Cn1cnc2cc(CN3CC[C@@H](N)C3)c(C(F)(F)F)cc2c1=O. The molecule has 34 heavy (non-hydrogen) atoms. The Morgan fingerprint density at radius 3 is 2.62 bits per heavy atom. The Hall–Kier alpha value is -2.27. The molecule has 1 saturated heterocycles. The van der Waals surface area contributed by atoms with Gasteiger partial charge in [-0.25, -0.2) is 4.98 Å². The van der Waals surface area contributed by atoms with Gasteiger partial charge in [-0.3, -0.25) is 18.5 Å². The third-order valence-electron chi connectivity index (χ3n) is 5.93. The quantitative estimate of drug-likeness (QED) is 0.543. The molecule has 1 aliphatic heterocycles. The summed E-state index contributed by atoms with van der Waals surface area (Å²) in [6.45, 7) is 2.97. The van der Waals surface area contributed by atoms with Gasteiger partial charge in [0, 0.05) is 41.3 Å². The Morgan fingerprint density at radius 1 is 1.21 bits per heavy atom. The fourth-order valence-corrected chi connectivity index (χ4v) is 5.38. The van der Waals surface area contributed by atoms with E-state index in [2.05, 4.69) is 4.98 Å². The Labute approximate surface area is 202 Å². The van der Waals surface area contributed by atoms with Crippen molar-refractivity contribution in [3.63, 3.8) is 0 Å². The Balaban J connectivity index is 1.77. The average Bonchev–Trinajstić information content (AvgIpc) is 3.18. The highest BCUT2D eigenvalue weighted by Gasteiger charge is 2.35. The molecule has 1 unspecified atom stereocenters. The molecule has 2 heterocycles. The molecule has 0 saturated carbocycles. The van der Waals surface area contributed by atoms with E-state index in [1.165, 1.54) is 17.0 Å². The van der Waals surface area contributed by atoms with Gasteiger partial charge in [0.25, 0.3) is 5.56 Å². The van der Waals surface area contributed by atoms with Gasteiger partial charge >= 0.3 is 6.18 Å². The highest BCUT2D eigenvalue weighted by atomic mass is 35.5. The summed E-state index contributed by atoms with van der Waals surface area (Å²) in [7, 11) is -1.30. The highest BCUT2D eigenvalue weighted by Crippen LogP contribution is 2.34. The number of hydrogen-bond donors (Lipinski definition) is 1. The Morgan fingerprint density at radius 2 is 1.97 bits per heavy atom. The van der Waals surface area contributed by atoms with Crippen LogP contribution in [-0.4, -0.2) is 43.5 Å². The number of likely N-dealkylation sites (tertiary alicyclic amines) is 1. The molecule has 11 heteroatoms. The lowest BCUT2D eigenvalue weighted by molar-refractivity contribution is -0.138. The lowest BCUT2D eigenvalue weighted by atomic mass is 10.0. The van der Waals surface area contributed by atoms with Gasteiger partial charge in [-0.2, -0.15) is 13.2 Å². The number of nitrogens with two attached hydrogens (primary N) is 1. The molecule has 1 fully saturated rings. The van der Waals surface area contributed by atoms with Gasteiger partial charge in [-0.05, 0) is 47.9 Å². The fraction of sp³-hybridized carbons (Fsp3) is 0.391. The topological polar surface area (TPSA) is 81.2 Å². The predicted molar refractivity (Wildman–Crippen MR) is 126 cm³/mol. The van der Waals surface area contributed by atoms with Gasteiger partial charge in [0.1, 0.15) is 0 Å². The van der Waals surface area contributed by atoms with Crippen molar-refractivity contribution in [1.29, 1.82) is 0 Å². The number of nitrogens with zero attached hydrogens (tertiary/aromatic N) is 3. The van der Waals surface area contributed by atoms with E-state index in [1.807, 2.05) is 4.90 Å². The van der Waals surface area contributed by atoms with Crippen molar-refractivity contribution in [3.8, 4) is 0 Å². The van der Waals surface area contributed by atoms with Gasteiger partial charge in [-0.15, -0.1) is 0 Å². The van der Waals surface area contributed by atoms with Crippen LogP contribution in [0.3, 0.4) is 0 Å². The second-order valence-electron chi connectivity index (χ2n) is 8.37. The maximum atomic E-state index is 13.9. The summed E-state index contributed by atoms with van der Waals surface area (Å²) in [6.07, 6.45) is -2.60. The molecule has 3 aromatic rings. The summed E-state index contributed by atoms with van der Waals surface area (Å²) < 4.78 is 55.4. The summed E-state index contributed by atoms with van der Waals surface area (Å²) in [4.78, 5) is 19.8. The Kier molecular flexibility index (Phi) is 7.14. The van der Waals surface area contributed by atoms with Crippen LogP contribution in [0.5, 0.6) is 0 Å². The van der Waals surface area contributed by atoms with Crippen LogP contribution in [0.25, 0.3) is 10.9 Å². The monoisotopic (exact) mass is 512 g/mol. The normalized spacial score (nSPS) is 18.0. The van der Waals surface area contributed by atoms with Crippen LogP contribution in [0.4, 0.5) is 13.2 Å². The number of aromatic nitrogens is 2. The maximum Gasteiger partial charge on any atom is 0.416 e. The molecule has 2 N–H and O–H groups in total. The van der Waals surface area contributed by atoms with E-state index in [4.69, 9.17) is 17.3 Å². The number of rotatable bonds is 6. The predicted octanol–water partition coefficient (Wildman–Crippen LogP) is 3.78. The first-order chi connectivity index (χ1) is 16.1. The fourth-order valence-electron chi connectivity index (χ4n) is 4.24. The number of benzene rings is 2. The van der Waals surface area contributed by atoms with Crippen LogP contribution in [0.1, 0.15) is 30.0 Å². The number of fused-ring (bicyclic) bond motifs is 1. The maximum absolute atomic E-state index is 13.9. The number of hydrogen-bond acceptors (Lipinski definition) is 5. The van der Waals surface area contributed by atoms with E-state index in [1.54, 1.807) is 25.1 Å². The lowest BCUT2D eigenvalue weighted by Gasteiger charge is -2.20. The summed E-state index contributed by atoms with van der Waals surface area (Å²) >= 11 is 6.09. The van der Waals surface area contributed by atoms with Gasteiger partial charge in [0.05, 0.1) is 40.1 Å². The van der Waals surface area contributed by atoms with Crippen molar-refractivity contribution in [2.75, 3.05) is 18.8 Å². The van der Waals surface area contributed by atoms with Crippen LogP contribution < -0.4 is 11.3 Å². The van der Waals surface area contributed by atoms with Gasteiger partial charge in [0.15, 0.2) is 0 Å². The lowest BCUT2D eigenvalue weighted by Crippen LogP contribution is -2.27. The molecule has 182 valence electrons. The molecule has 0 aliphatic carbocycles. The molecule has 2 atom stereocenters. The first-order valence-electron chi connectivity index (χ1n) is 10.8. The van der Waals surface area contributed by atoms with E-state index >= 15 is 0 Å². The Bertz CT molecular complexity index is 1310. The van der Waals surface area contributed by atoms with Crippen LogP contribution >= 0.6 is 11.6 Å². The van der Waals surface area contributed by atoms with E-state index < -0.39 is 28.1 Å². The molecule has 1 aliphatic rings. The van der Waals surface area contributed by atoms with Crippen molar-refractivity contribution in [1.82, 2.24) is 14.5 Å².